The number of carbonyl (C=O) groups is 1. The molecule has 1 saturated heterocycles. The SMILES string of the molecule is Cc1csc(-c2cccc(NC(=O)N3CCC[C@H](O)C3)c2)n1. The number of thiazole rings is 1. The number of aliphatic hydroxyl groups excluding tert-OH is 1. The largest absolute Gasteiger partial charge is 0.391 e. The molecule has 0 radical (unpaired) electrons. The molecule has 0 spiro atoms. The smallest absolute Gasteiger partial charge is 0.321 e. The molecule has 0 unspecified atom stereocenters. The highest BCUT2D eigenvalue weighted by Gasteiger charge is 2.22. The molecule has 3 rings (SSSR count). The number of hydrogen-bond donors (Lipinski definition) is 2. The molecule has 1 aromatic carbocycles. The topological polar surface area (TPSA) is 65.5 Å². The lowest BCUT2D eigenvalue weighted by molar-refractivity contribution is 0.0883. The first-order chi connectivity index (χ1) is 10.6. The fourth-order valence-corrected chi connectivity index (χ4v) is 3.35. The van der Waals surface area contributed by atoms with Gasteiger partial charge in [0, 0.05) is 35.4 Å². The molecule has 22 heavy (non-hydrogen) atoms. The highest BCUT2D eigenvalue weighted by atomic mass is 32.1. The van der Waals surface area contributed by atoms with Crippen LogP contribution in [0.4, 0.5) is 10.5 Å². The van der Waals surface area contributed by atoms with E-state index in [-0.39, 0.29) is 6.03 Å². The van der Waals surface area contributed by atoms with Gasteiger partial charge in [-0.3, -0.25) is 0 Å². The van der Waals surface area contributed by atoms with Gasteiger partial charge in [-0.15, -0.1) is 11.3 Å². The summed E-state index contributed by atoms with van der Waals surface area (Å²) in [4.78, 5) is 18.4. The third kappa shape index (κ3) is 3.45. The lowest BCUT2D eigenvalue weighted by atomic mass is 10.1. The second-order valence-corrected chi connectivity index (χ2v) is 6.41. The van der Waals surface area contributed by atoms with Crippen LogP contribution < -0.4 is 5.32 Å². The van der Waals surface area contributed by atoms with Gasteiger partial charge in [0.2, 0.25) is 0 Å². The fraction of sp³-hybridized carbons (Fsp3) is 0.375. The second kappa shape index (κ2) is 6.46. The quantitative estimate of drug-likeness (QED) is 0.894. The van der Waals surface area contributed by atoms with Gasteiger partial charge >= 0.3 is 6.03 Å². The third-order valence-electron chi connectivity index (χ3n) is 3.66. The van der Waals surface area contributed by atoms with Crippen LogP contribution in [0.2, 0.25) is 0 Å². The summed E-state index contributed by atoms with van der Waals surface area (Å²) in [6.07, 6.45) is 1.19. The summed E-state index contributed by atoms with van der Waals surface area (Å²) in [5, 5.41) is 15.5. The summed E-state index contributed by atoms with van der Waals surface area (Å²) in [6.45, 7) is 3.05. The van der Waals surface area contributed by atoms with Crippen LogP contribution in [0.15, 0.2) is 29.6 Å². The van der Waals surface area contributed by atoms with Crippen LogP contribution in [0.5, 0.6) is 0 Å². The highest BCUT2D eigenvalue weighted by Crippen LogP contribution is 2.26. The lowest BCUT2D eigenvalue weighted by Crippen LogP contribution is -2.44. The van der Waals surface area contributed by atoms with Crippen LogP contribution >= 0.6 is 11.3 Å². The monoisotopic (exact) mass is 317 g/mol. The number of β-amino-alcohol motifs (C(OH)–C–C–N with tert-alkyl or cyclic N) is 1. The van der Waals surface area contributed by atoms with E-state index in [1.807, 2.05) is 36.6 Å². The van der Waals surface area contributed by atoms with E-state index in [0.29, 0.717) is 13.1 Å². The van der Waals surface area contributed by atoms with Gasteiger partial charge in [0.25, 0.3) is 0 Å². The van der Waals surface area contributed by atoms with E-state index in [9.17, 15) is 9.90 Å². The summed E-state index contributed by atoms with van der Waals surface area (Å²) in [7, 11) is 0. The molecule has 0 saturated carbocycles. The molecule has 6 heteroatoms. The van der Waals surface area contributed by atoms with E-state index in [0.717, 1.165) is 34.8 Å². The van der Waals surface area contributed by atoms with E-state index in [1.165, 1.54) is 0 Å². The third-order valence-corrected chi connectivity index (χ3v) is 4.67. The summed E-state index contributed by atoms with van der Waals surface area (Å²) in [5.41, 5.74) is 2.74. The molecule has 2 aromatic rings. The van der Waals surface area contributed by atoms with E-state index in [1.54, 1.807) is 16.2 Å². The van der Waals surface area contributed by atoms with Crippen LogP contribution in [0.1, 0.15) is 18.5 Å². The Labute approximate surface area is 133 Å². The maximum atomic E-state index is 12.3. The first-order valence-corrected chi connectivity index (χ1v) is 8.26. The highest BCUT2D eigenvalue weighted by molar-refractivity contribution is 7.13. The van der Waals surface area contributed by atoms with Gasteiger partial charge in [-0.25, -0.2) is 9.78 Å². The Morgan fingerprint density at radius 1 is 1.50 bits per heavy atom. The van der Waals surface area contributed by atoms with E-state index in [2.05, 4.69) is 10.3 Å². The normalized spacial score (nSPS) is 18.3. The van der Waals surface area contributed by atoms with Gasteiger partial charge < -0.3 is 15.3 Å². The number of rotatable bonds is 2. The van der Waals surface area contributed by atoms with Crippen molar-refractivity contribution in [3.63, 3.8) is 0 Å². The summed E-state index contributed by atoms with van der Waals surface area (Å²) >= 11 is 1.59. The fourth-order valence-electron chi connectivity index (χ4n) is 2.56. The van der Waals surface area contributed by atoms with Gasteiger partial charge in [0.05, 0.1) is 6.10 Å². The van der Waals surface area contributed by atoms with Crippen molar-refractivity contribution in [3.8, 4) is 10.6 Å². The van der Waals surface area contributed by atoms with Crippen LogP contribution in [0.25, 0.3) is 10.6 Å². The number of hydrogen-bond acceptors (Lipinski definition) is 4. The van der Waals surface area contributed by atoms with Crippen molar-refractivity contribution in [2.75, 3.05) is 18.4 Å². The van der Waals surface area contributed by atoms with Crippen molar-refractivity contribution in [3.05, 3.63) is 35.3 Å². The minimum atomic E-state index is -0.413. The number of carbonyl (C=O) groups excluding carboxylic acids is 1. The molecular weight excluding hydrogens is 298 g/mol. The maximum Gasteiger partial charge on any atom is 0.321 e. The molecule has 1 fully saturated rings. The van der Waals surface area contributed by atoms with Crippen molar-refractivity contribution in [1.29, 1.82) is 0 Å². The summed E-state index contributed by atoms with van der Waals surface area (Å²) < 4.78 is 0. The van der Waals surface area contributed by atoms with Gasteiger partial charge in [-0.1, -0.05) is 12.1 Å². The molecule has 1 atom stereocenters. The average molecular weight is 317 g/mol. The van der Waals surface area contributed by atoms with Gasteiger partial charge in [-0.05, 0) is 31.9 Å². The van der Waals surface area contributed by atoms with Crippen molar-refractivity contribution in [1.82, 2.24) is 9.88 Å². The molecule has 1 aliphatic rings. The van der Waals surface area contributed by atoms with E-state index < -0.39 is 6.10 Å². The number of nitrogens with zero attached hydrogens (tertiary/aromatic N) is 2. The first kappa shape index (κ1) is 15.0. The molecule has 1 aliphatic heterocycles. The standard InChI is InChI=1S/C16H19N3O2S/c1-11-10-22-15(17-11)12-4-2-5-13(8-12)18-16(21)19-7-3-6-14(20)9-19/h2,4-5,8,10,14,20H,3,6-7,9H2,1H3,(H,18,21)/t14-/m0/s1. The zero-order valence-corrected chi connectivity index (χ0v) is 13.3. The minimum absolute atomic E-state index is 0.161. The van der Waals surface area contributed by atoms with E-state index >= 15 is 0 Å². The van der Waals surface area contributed by atoms with Crippen molar-refractivity contribution >= 4 is 23.1 Å². The zero-order valence-electron chi connectivity index (χ0n) is 12.5. The van der Waals surface area contributed by atoms with Crippen LogP contribution in [0, 0.1) is 6.92 Å². The van der Waals surface area contributed by atoms with Crippen LogP contribution in [-0.4, -0.2) is 40.2 Å². The minimum Gasteiger partial charge on any atom is -0.391 e. The number of benzene rings is 1. The number of aryl methyl sites for hydroxylation is 1. The zero-order chi connectivity index (χ0) is 15.5. The number of urea groups is 1. The molecule has 0 bridgehead atoms. The van der Waals surface area contributed by atoms with Crippen LogP contribution in [0.3, 0.4) is 0 Å². The summed E-state index contributed by atoms with van der Waals surface area (Å²) in [6, 6.07) is 7.52. The van der Waals surface area contributed by atoms with Crippen molar-refractivity contribution in [2.45, 2.75) is 25.9 Å². The van der Waals surface area contributed by atoms with Gasteiger partial charge in [-0.2, -0.15) is 0 Å². The van der Waals surface area contributed by atoms with Gasteiger partial charge in [0.15, 0.2) is 0 Å². The Morgan fingerprint density at radius 3 is 3.09 bits per heavy atom. The molecule has 2 heterocycles. The number of amides is 2. The first-order valence-electron chi connectivity index (χ1n) is 7.38. The number of likely N-dealkylation sites (tertiary alicyclic amines) is 1. The molecule has 2 N–H and O–H groups in total. The Bertz CT molecular complexity index is 671. The Balaban J connectivity index is 1.71. The van der Waals surface area contributed by atoms with Crippen molar-refractivity contribution in [2.24, 2.45) is 0 Å². The lowest BCUT2D eigenvalue weighted by Gasteiger charge is -2.30. The maximum absolute atomic E-state index is 12.3. The number of nitrogens with one attached hydrogen (secondary N) is 1. The Morgan fingerprint density at radius 2 is 2.36 bits per heavy atom. The molecule has 0 aliphatic carbocycles. The number of anilines is 1. The summed E-state index contributed by atoms with van der Waals surface area (Å²) in [5.74, 6) is 0. The molecule has 2 amide bonds. The van der Waals surface area contributed by atoms with E-state index in [4.69, 9.17) is 0 Å². The predicted octanol–water partition coefficient (Wildman–Crippen LogP) is 3.11. The van der Waals surface area contributed by atoms with Crippen LogP contribution in [-0.2, 0) is 0 Å². The molecule has 5 nitrogen and oxygen atoms in total. The Hall–Kier alpha value is -1.92. The number of aromatic nitrogens is 1. The average Bonchev–Trinajstić information content (AvgIpc) is 2.94. The Kier molecular flexibility index (Phi) is 4.40. The second-order valence-electron chi connectivity index (χ2n) is 5.55. The van der Waals surface area contributed by atoms with Crippen molar-refractivity contribution < 1.29 is 9.90 Å². The van der Waals surface area contributed by atoms with Gasteiger partial charge in [0.1, 0.15) is 5.01 Å². The predicted molar refractivity (Wildman–Crippen MR) is 88.1 cm³/mol. The number of piperidine rings is 1. The molecule has 1 aromatic heterocycles. The molecular formula is C16H19N3O2S. The number of aliphatic hydroxyl groups is 1. The molecule has 116 valence electrons.